The Morgan fingerprint density at radius 1 is 1.00 bits per heavy atom. The molecule has 0 aliphatic carbocycles. The summed E-state index contributed by atoms with van der Waals surface area (Å²) in [5, 5.41) is 4.76. The highest BCUT2D eigenvalue weighted by molar-refractivity contribution is 5.95. The van der Waals surface area contributed by atoms with Crippen LogP contribution in [0.3, 0.4) is 0 Å². The van der Waals surface area contributed by atoms with Crippen LogP contribution in [0.1, 0.15) is 18.1 Å². The molecule has 156 valence electrons. The van der Waals surface area contributed by atoms with E-state index >= 15 is 0 Å². The number of benzene rings is 2. The SMILES string of the molecule is CCN(CC(=O)Nc1ccc(C)c(F)c1)CC(=O)Nc1ccccc1C(F)(F)F. The second-order valence-corrected chi connectivity index (χ2v) is 6.41. The molecule has 9 heteroatoms. The van der Waals surface area contributed by atoms with Crippen LogP contribution in [0.5, 0.6) is 0 Å². The van der Waals surface area contributed by atoms with E-state index in [9.17, 15) is 27.2 Å². The average Bonchev–Trinajstić information content (AvgIpc) is 2.63. The highest BCUT2D eigenvalue weighted by Gasteiger charge is 2.33. The number of likely N-dealkylation sites (N-methyl/N-ethyl adjacent to an activating group) is 1. The predicted octanol–water partition coefficient (Wildman–Crippen LogP) is 4.05. The van der Waals surface area contributed by atoms with Gasteiger partial charge in [-0.15, -0.1) is 0 Å². The molecule has 0 unspecified atom stereocenters. The van der Waals surface area contributed by atoms with Crippen molar-refractivity contribution >= 4 is 23.2 Å². The van der Waals surface area contributed by atoms with E-state index in [-0.39, 0.29) is 24.5 Å². The smallest absolute Gasteiger partial charge is 0.325 e. The fraction of sp³-hybridized carbons (Fsp3) is 0.300. The topological polar surface area (TPSA) is 61.4 Å². The van der Waals surface area contributed by atoms with E-state index in [1.165, 1.54) is 29.2 Å². The summed E-state index contributed by atoms with van der Waals surface area (Å²) >= 11 is 0. The molecule has 0 saturated heterocycles. The highest BCUT2D eigenvalue weighted by atomic mass is 19.4. The lowest BCUT2D eigenvalue weighted by Gasteiger charge is -2.20. The lowest BCUT2D eigenvalue weighted by atomic mass is 10.1. The number of aryl methyl sites for hydroxylation is 1. The van der Waals surface area contributed by atoms with Crippen molar-refractivity contribution in [1.82, 2.24) is 4.90 Å². The fourth-order valence-corrected chi connectivity index (χ4v) is 2.59. The van der Waals surface area contributed by atoms with Gasteiger partial charge in [-0.2, -0.15) is 13.2 Å². The quantitative estimate of drug-likeness (QED) is 0.676. The molecule has 2 N–H and O–H groups in total. The first-order valence-electron chi connectivity index (χ1n) is 8.84. The van der Waals surface area contributed by atoms with Crippen LogP contribution in [0.2, 0.25) is 0 Å². The Labute approximate surface area is 165 Å². The van der Waals surface area contributed by atoms with Gasteiger partial charge in [0.1, 0.15) is 5.82 Å². The number of carbonyl (C=O) groups excluding carboxylic acids is 2. The summed E-state index contributed by atoms with van der Waals surface area (Å²) in [5.74, 6) is -1.62. The zero-order valence-electron chi connectivity index (χ0n) is 15.9. The third-order valence-electron chi connectivity index (χ3n) is 4.14. The van der Waals surface area contributed by atoms with Gasteiger partial charge >= 0.3 is 6.18 Å². The van der Waals surface area contributed by atoms with Gasteiger partial charge in [0.25, 0.3) is 0 Å². The fourth-order valence-electron chi connectivity index (χ4n) is 2.59. The van der Waals surface area contributed by atoms with E-state index in [0.29, 0.717) is 12.1 Å². The van der Waals surface area contributed by atoms with Crippen molar-refractivity contribution in [3.05, 3.63) is 59.4 Å². The van der Waals surface area contributed by atoms with Gasteiger partial charge in [-0.05, 0) is 43.3 Å². The maximum Gasteiger partial charge on any atom is 0.418 e. The molecular formula is C20H21F4N3O2. The highest BCUT2D eigenvalue weighted by Crippen LogP contribution is 2.34. The summed E-state index contributed by atoms with van der Waals surface area (Å²) in [6.45, 7) is 3.15. The van der Waals surface area contributed by atoms with Crippen molar-refractivity contribution in [3.8, 4) is 0 Å². The third-order valence-corrected chi connectivity index (χ3v) is 4.14. The summed E-state index contributed by atoms with van der Waals surface area (Å²) in [6.07, 6.45) is -4.60. The third kappa shape index (κ3) is 6.56. The summed E-state index contributed by atoms with van der Waals surface area (Å²) < 4.78 is 52.6. The lowest BCUT2D eigenvalue weighted by molar-refractivity contribution is -0.137. The Morgan fingerprint density at radius 3 is 2.21 bits per heavy atom. The zero-order valence-corrected chi connectivity index (χ0v) is 15.9. The van der Waals surface area contributed by atoms with Crippen LogP contribution in [0, 0.1) is 12.7 Å². The molecule has 0 heterocycles. The van der Waals surface area contributed by atoms with Crippen molar-refractivity contribution in [2.24, 2.45) is 0 Å². The van der Waals surface area contributed by atoms with Crippen molar-refractivity contribution in [3.63, 3.8) is 0 Å². The van der Waals surface area contributed by atoms with Crippen LogP contribution in [0.25, 0.3) is 0 Å². The first kappa shape index (κ1) is 22.4. The van der Waals surface area contributed by atoms with Crippen LogP contribution in [0.15, 0.2) is 42.5 Å². The number of nitrogens with zero attached hydrogens (tertiary/aromatic N) is 1. The molecule has 0 atom stereocenters. The van der Waals surface area contributed by atoms with Gasteiger partial charge in [-0.25, -0.2) is 4.39 Å². The molecule has 29 heavy (non-hydrogen) atoms. The molecule has 2 aromatic carbocycles. The maximum atomic E-state index is 13.6. The average molecular weight is 411 g/mol. The van der Waals surface area contributed by atoms with Gasteiger partial charge in [0.15, 0.2) is 0 Å². The number of hydrogen-bond donors (Lipinski definition) is 2. The van der Waals surface area contributed by atoms with Gasteiger partial charge in [-0.3, -0.25) is 14.5 Å². The van der Waals surface area contributed by atoms with Gasteiger partial charge in [0.05, 0.1) is 24.3 Å². The Hall–Kier alpha value is -2.94. The molecule has 0 bridgehead atoms. The molecule has 2 aromatic rings. The second-order valence-electron chi connectivity index (χ2n) is 6.41. The molecule has 2 amide bonds. The summed E-state index contributed by atoms with van der Waals surface area (Å²) in [7, 11) is 0. The molecule has 0 aliphatic rings. The van der Waals surface area contributed by atoms with Gasteiger partial charge in [0, 0.05) is 5.69 Å². The number of rotatable bonds is 7. The monoisotopic (exact) mass is 411 g/mol. The van der Waals surface area contributed by atoms with Crippen LogP contribution < -0.4 is 10.6 Å². The first-order chi connectivity index (χ1) is 13.6. The van der Waals surface area contributed by atoms with Crippen LogP contribution >= 0.6 is 0 Å². The molecule has 0 aromatic heterocycles. The molecule has 2 rings (SSSR count). The van der Waals surface area contributed by atoms with Crippen molar-refractivity contribution in [2.45, 2.75) is 20.0 Å². The number of nitrogens with one attached hydrogen (secondary N) is 2. The summed E-state index contributed by atoms with van der Waals surface area (Å²) in [6, 6.07) is 8.91. The van der Waals surface area contributed by atoms with E-state index in [1.807, 2.05) is 0 Å². The van der Waals surface area contributed by atoms with Crippen LogP contribution in [-0.2, 0) is 15.8 Å². The minimum atomic E-state index is -4.60. The molecular weight excluding hydrogens is 390 g/mol. The molecule has 0 spiro atoms. The number of alkyl halides is 3. The first-order valence-corrected chi connectivity index (χ1v) is 8.84. The normalized spacial score (nSPS) is 11.4. The molecule has 0 saturated carbocycles. The minimum Gasteiger partial charge on any atom is -0.325 e. The van der Waals surface area contributed by atoms with Crippen molar-refractivity contribution < 1.29 is 27.2 Å². The Kier molecular flexibility index (Phi) is 7.33. The second kappa shape index (κ2) is 9.51. The molecule has 0 radical (unpaired) electrons. The number of carbonyl (C=O) groups is 2. The maximum absolute atomic E-state index is 13.6. The zero-order chi connectivity index (χ0) is 21.6. The number of para-hydroxylation sites is 1. The Balaban J connectivity index is 1.96. The Bertz CT molecular complexity index is 884. The van der Waals surface area contributed by atoms with Gasteiger partial charge in [0.2, 0.25) is 11.8 Å². The van der Waals surface area contributed by atoms with Crippen molar-refractivity contribution in [1.29, 1.82) is 0 Å². The summed E-state index contributed by atoms with van der Waals surface area (Å²) in [4.78, 5) is 25.8. The summed E-state index contributed by atoms with van der Waals surface area (Å²) in [5.41, 5.74) is -0.581. The van der Waals surface area contributed by atoms with E-state index in [1.54, 1.807) is 19.9 Å². The predicted molar refractivity (Wildman–Crippen MR) is 102 cm³/mol. The number of amides is 2. The molecule has 0 aliphatic heterocycles. The van der Waals surface area contributed by atoms with Crippen LogP contribution in [-0.4, -0.2) is 36.3 Å². The van der Waals surface area contributed by atoms with E-state index in [0.717, 1.165) is 12.1 Å². The largest absolute Gasteiger partial charge is 0.418 e. The van der Waals surface area contributed by atoms with Gasteiger partial charge < -0.3 is 10.6 Å². The number of anilines is 2. The molecule has 5 nitrogen and oxygen atoms in total. The number of hydrogen-bond acceptors (Lipinski definition) is 3. The minimum absolute atomic E-state index is 0.180. The van der Waals surface area contributed by atoms with Crippen LogP contribution in [0.4, 0.5) is 28.9 Å². The Morgan fingerprint density at radius 2 is 1.62 bits per heavy atom. The van der Waals surface area contributed by atoms with Crippen molar-refractivity contribution in [2.75, 3.05) is 30.3 Å². The van der Waals surface area contributed by atoms with E-state index < -0.39 is 29.4 Å². The molecule has 0 fully saturated rings. The standard InChI is InChI=1S/C20H21F4N3O2/c1-3-27(11-18(28)25-14-9-8-13(2)16(21)10-14)12-19(29)26-17-7-5-4-6-15(17)20(22,23)24/h4-10H,3,11-12H2,1-2H3,(H,25,28)(H,26,29). The van der Waals surface area contributed by atoms with E-state index in [4.69, 9.17) is 0 Å². The number of halogens is 4. The lowest BCUT2D eigenvalue weighted by Crippen LogP contribution is -2.38. The van der Waals surface area contributed by atoms with Gasteiger partial charge in [-0.1, -0.05) is 25.1 Å². The van der Waals surface area contributed by atoms with E-state index in [2.05, 4.69) is 10.6 Å².